The van der Waals surface area contributed by atoms with Gasteiger partial charge >= 0.3 is 0 Å². The summed E-state index contributed by atoms with van der Waals surface area (Å²) in [4.78, 5) is 6.84. The molecule has 1 unspecified atom stereocenters. The third-order valence-corrected chi connectivity index (χ3v) is 3.99. The summed E-state index contributed by atoms with van der Waals surface area (Å²) in [7, 11) is 0. The first-order valence-corrected chi connectivity index (χ1v) is 7.46. The number of fused-ring (bicyclic) bond motifs is 1. The minimum Gasteiger partial charge on any atom is -0.353 e. The molecule has 0 saturated carbocycles. The molecular formula is C12H16BrN5. The Balaban J connectivity index is 1.87. The molecule has 0 bridgehead atoms. The van der Waals surface area contributed by atoms with Gasteiger partial charge in [0.1, 0.15) is 6.33 Å². The zero-order valence-electron chi connectivity index (χ0n) is 10.2. The van der Waals surface area contributed by atoms with Crippen molar-refractivity contribution < 1.29 is 0 Å². The SMILES string of the molecule is BrCCC1CCCN(c2nccn3cnnc23)C1. The van der Waals surface area contributed by atoms with Crippen LogP contribution in [0.3, 0.4) is 0 Å². The van der Waals surface area contributed by atoms with E-state index in [4.69, 9.17) is 0 Å². The Morgan fingerprint density at radius 2 is 2.39 bits per heavy atom. The topological polar surface area (TPSA) is 46.3 Å². The second-order valence-corrected chi connectivity index (χ2v) is 5.54. The first kappa shape index (κ1) is 11.9. The van der Waals surface area contributed by atoms with Crippen LogP contribution in [0, 0.1) is 5.92 Å². The van der Waals surface area contributed by atoms with Gasteiger partial charge in [-0.05, 0) is 25.2 Å². The van der Waals surface area contributed by atoms with Crippen LogP contribution < -0.4 is 4.90 Å². The summed E-state index contributed by atoms with van der Waals surface area (Å²) < 4.78 is 1.93. The van der Waals surface area contributed by atoms with Crippen molar-refractivity contribution in [3.8, 4) is 0 Å². The van der Waals surface area contributed by atoms with E-state index in [9.17, 15) is 0 Å². The van der Waals surface area contributed by atoms with Gasteiger partial charge in [0.25, 0.3) is 0 Å². The summed E-state index contributed by atoms with van der Waals surface area (Å²) in [6.45, 7) is 2.14. The van der Waals surface area contributed by atoms with Gasteiger partial charge in [0.05, 0.1) is 0 Å². The summed E-state index contributed by atoms with van der Waals surface area (Å²) in [6.07, 6.45) is 9.21. The molecule has 2 aromatic heterocycles. The van der Waals surface area contributed by atoms with Crippen LogP contribution in [-0.2, 0) is 0 Å². The van der Waals surface area contributed by atoms with E-state index < -0.39 is 0 Å². The molecule has 1 fully saturated rings. The molecule has 0 radical (unpaired) electrons. The highest BCUT2D eigenvalue weighted by Crippen LogP contribution is 2.25. The van der Waals surface area contributed by atoms with Crippen LogP contribution in [0.15, 0.2) is 18.7 Å². The lowest BCUT2D eigenvalue weighted by Crippen LogP contribution is -2.36. The van der Waals surface area contributed by atoms with Gasteiger partial charge in [0.15, 0.2) is 5.82 Å². The minimum absolute atomic E-state index is 0.753. The third kappa shape index (κ3) is 2.21. The van der Waals surface area contributed by atoms with Crippen molar-refractivity contribution in [2.75, 3.05) is 23.3 Å². The standard InChI is InChI=1S/C12H16BrN5/c13-4-3-10-2-1-6-17(8-10)11-12-16-15-9-18(12)7-5-14-11/h5,7,9-10H,1-4,6,8H2. The highest BCUT2D eigenvalue weighted by Gasteiger charge is 2.22. The van der Waals surface area contributed by atoms with Crippen LogP contribution in [-0.4, -0.2) is 38.0 Å². The van der Waals surface area contributed by atoms with Crippen molar-refractivity contribution in [1.29, 1.82) is 0 Å². The molecule has 1 aliphatic heterocycles. The second-order valence-electron chi connectivity index (χ2n) is 4.74. The lowest BCUT2D eigenvalue weighted by atomic mass is 9.96. The van der Waals surface area contributed by atoms with E-state index in [1.807, 2.05) is 16.8 Å². The molecule has 1 saturated heterocycles. The largest absolute Gasteiger partial charge is 0.353 e. The lowest BCUT2D eigenvalue weighted by molar-refractivity contribution is 0.406. The number of hydrogen-bond donors (Lipinski definition) is 0. The molecule has 5 nitrogen and oxygen atoms in total. The van der Waals surface area contributed by atoms with E-state index in [1.54, 1.807) is 6.33 Å². The molecule has 0 N–H and O–H groups in total. The van der Waals surface area contributed by atoms with Crippen molar-refractivity contribution >= 4 is 27.4 Å². The van der Waals surface area contributed by atoms with E-state index in [-0.39, 0.29) is 0 Å². The van der Waals surface area contributed by atoms with Crippen LogP contribution >= 0.6 is 15.9 Å². The Kier molecular flexibility index (Phi) is 3.45. The predicted octanol–water partition coefficient (Wildman–Crippen LogP) is 2.13. The van der Waals surface area contributed by atoms with Crippen molar-refractivity contribution in [1.82, 2.24) is 19.6 Å². The number of piperidine rings is 1. The maximum absolute atomic E-state index is 4.49. The van der Waals surface area contributed by atoms with Crippen LogP contribution in [0.25, 0.3) is 5.65 Å². The molecule has 1 atom stereocenters. The molecule has 18 heavy (non-hydrogen) atoms. The molecule has 96 valence electrons. The number of nitrogens with zero attached hydrogens (tertiary/aromatic N) is 5. The molecule has 6 heteroatoms. The summed E-state index contributed by atoms with van der Waals surface area (Å²) >= 11 is 3.53. The average Bonchev–Trinajstić information content (AvgIpc) is 2.87. The molecule has 0 spiro atoms. The van der Waals surface area contributed by atoms with Crippen LogP contribution in [0.4, 0.5) is 5.82 Å². The fourth-order valence-electron chi connectivity index (χ4n) is 2.62. The Bertz CT molecular complexity index is 524. The molecule has 0 amide bonds. The Hall–Kier alpha value is -1.17. The predicted molar refractivity (Wildman–Crippen MR) is 74.1 cm³/mol. The number of aromatic nitrogens is 4. The second kappa shape index (κ2) is 5.22. The maximum Gasteiger partial charge on any atom is 0.203 e. The third-order valence-electron chi connectivity index (χ3n) is 3.53. The smallest absolute Gasteiger partial charge is 0.203 e. The van der Waals surface area contributed by atoms with Crippen molar-refractivity contribution in [3.63, 3.8) is 0 Å². The van der Waals surface area contributed by atoms with Crippen molar-refractivity contribution in [3.05, 3.63) is 18.7 Å². The van der Waals surface area contributed by atoms with Gasteiger partial charge in [-0.3, -0.25) is 4.40 Å². The number of hydrogen-bond acceptors (Lipinski definition) is 4. The number of rotatable bonds is 3. The lowest BCUT2D eigenvalue weighted by Gasteiger charge is -2.33. The fraction of sp³-hybridized carbons (Fsp3) is 0.583. The first-order chi connectivity index (χ1) is 8.88. The van der Waals surface area contributed by atoms with Gasteiger partial charge in [0, 0.05) is 30.8 Å². The van der Waals surface area contributed by atoms with Gasteiger partial charge in [-0.25, -0.2) is 4.98 Å². The molecule has 0 aromatic carbocycles. The summed E-state index contributed by atoms with van der Waals surface area (Å²) in [6, 6.07) is 0. The number of alkyl halides is 1. The van der Waals surface area contributed by atoms with E-state index in [1.165, 1.54) is 19.3 Å². The van der Waals surface area contributed by atoms with Crippen LogP contribution in [0.2, 0.25) is 0 Å². The molecule has 1 aliphatic rings. The zero-order chi connectivity index (χ0) is 12.4. The van der Waals surface area contributed by atoms with Crippen molar-refractivity contribution in [2.24, 2.45) is 5.92 Å². The normalized spacial score (nSPS) is 20.5. The Morgan fingerprint density at radius 3 is 3.28 bits per heavy atom. The molecule has 2 aromatic rings. The maximum atomic E-state index is 4.49. The van der Waals surface area contributed by atoms with Crippen molar-refractivity contribution in [2.45, 2.75) is 19.3 Å². The van der Waals surface area contributed by atoms with Gasteiger partial charge in [-0.1, -0.05) is 15.9 Å². The average molecular weight is 310 g/mol. The number of halogens is 1. The highest BCUT2D eigenvalue weighted by molar-refractivity contribution is 9.09. The van der Waals surface area contributed by atoms with E-state index in [0.29, 0.717) is 0 Å². The monoisotopic (exact) mass is 309 g/mol. The van der Waals surface area contributed by atoms with Gasteiger partial charge < -0.3 is 4.90 Å². The molecule has 3 heterocycles. The fourth-order valence-corrected chi connectivity index (χ4v) is 3.26. The van der Waals surface area contributed by atoms with Crippen LogP contribution in [0.5, 0.6) is 0 Å². The first-order valence-electron chi connectivity index (χ1n) is 6.34. The van der Waals surface area contributed by atoms with E-state index in [0.717, 1.165) is 35.8 Å². The van der Waals surface area contributed by atoms with Gasteiger partial charge in [-0.15, -0.1) is 10.2 Å². The van der Waals surface area contributed by atoms with Gasteiger partial charge in [0.2, 0.25) is 5.65 Å². The molecular weight excluding hydrogens is 294 g/mol. The Morgan fingerprint density at radius 1 is 1.44 bits per heavy atom. The van der Waals surface area contributed by atoms with Gasteiger partial charge in [-0.2, -0.15) is 0 Å². The molecule has 3 rings (SSSR count). The minimum atomic E-state index is 0.753. The highest BCUT2D eigenvalue weighted by atomic mass is 79.9. The number of anilines is 1. The van der Waals surface area contributed by atoms with E-state index >= 15 is 0 Å². The summed E-state index contributed by atoms with van der Waals surface area (Å²) in [5.74, 6) is 1.72. The zero-order valence-corrected chi connectivity index (χ0v) is 11.8. The molecule has 0 aliphatic carbocycles. The summed E-state index contributed by atoms with van der Waals surface area (Å²) in [5, 5.41) is 9.19. The van der Waals surface area contributed by atoms with E-state index in [2.05, 4.69) is 36.0 Å². The summed E-state index contributed by atoms with van der Waals surface area (Å²) in [5.41, 5.74) is 0.858. The van der Waals surface area contributed by atoms with Crippen LogP contribution in [0.1, 0.15) is 19.3 Å². The Labute approximate surface area is 114 Å². The quantitative estimate of drug-likeness (QED) is 0.815.